The Morgan fingerprint density at radius 3 is 2.58 bits per heavy atom. The van der Waals surface area contributed by atoms with Crippen molar-refractivity contribution in [1.29, 1.82) is 0 Å². The van der Waals surface area contributed by atoms with Crippen molar-refractivity contribution >= 4 is 5.91 Å². The van der Waals surface area contributed by atoms with Gasteiger partial charge in [0.25, 0.3) is 5.91 Å². The zero-order valence-electron chi connectivity index (χ0n) is 14.7. The number of nitrogens with zero attached hydrogens (tertiary/aromatic N) is 2. The van der Waals surface area contributed by atoms with Crippen LogP contribution in [-0.2, 0) is 4.74 Å². The lowest BCUT2D eigenvalue weighted by Gasteiger charge is -2.16. The molecule has 2 aromatic rings. The summed E-state index contributed by atoms with van der Waals surface area (Å²) in [6, 6.07) is 11.4. The summed E-state index contributed by atoms with van der Waals surface area (Å²) in [5.74, 6) is 0.239. The SMILES string of the molecule is CC[C@H](COC)NC(=O)c1cccc(-c2ccc(C(C)C)nn2)c1. The molecule has 5 nitrogen and oxygen atoms in total. The first kappa shape index (κ1) is 18.1. The normalized spacial score (nSPS) is 12.2. The summed E-state index contributed by atoms with van der Waals surface area (Å²) in [6.07, 6.45) is 0.821. The lowest BCUT2D eigenvalue weighted by Crippen LogP contribution is -2.37. The van der Waals surface area contributed by atoms with Crippen molar-refractivity contribution in [3.63, 3.8) is 0 Å². The van der Waals surface area contributed by atoms with Crippen LogP contribution in [-0.4, -0.2) is 35.9 Å². The second-order valence-electron chi connectivity index (χ2n) is 6.11. The Labute approximate surface area is 143 Å². The van der Waals surface area contributed by atoms with Gasteiger partial charge in [0.15, 0.2) is 0 Å². The molecule has 1 heterocycles. The third-order valence-corrected chi connectivity index (χ3v) is 3.89. The third-order valence-electron chi connectivity index (χ3n) is 3.89. The Kier molecular flexibility index (Phi) is 6.44. The van der Waals surface area contributed by atoms with Crippen molar-refractivity contribution in [1.82, 2.24) is 15.5 Å². The number of methoxy groups -OCH3 is 1. The fourth-order valence-electron chi connectivity index (χ4n) is 2.36. The number of hydrogen-bond donors (Lipinski definition) is 1. The van der Waals surface area contributed by atoms with Gasteiger partial charge in [-0.15, -0.1) is 0 Å². The lowest BCUT2D eigenvalue weighted by atomic mass is 10.1. The van der Waals surface area contributed by atoms with E-state index in [0.29, 0.717) is 18.1 Å². The molecule has 24 heavy (non-hydrogen) atoms. The van der Waals surface area contributed by atoms with Crippen LogP contribution in [0, 0.1) is 0 Å². The van der Waals surface area contributed by atoms with Gasteiger partial charge in [-0.25, -0.2) is 0 Å². The standard InChI is InChI=1S/C19H25N3O2/c1-5-16(12-24-4)20-19(23)15-8-6-7-14(11-15)18-10-9-17(13(2)3)21-22-18/h6-11,13,16H,5,12H2,1-4H3,(H,20,23)/t16-/m1/s1. The van der Waals surface area contributed by atoms with Crippen LogP contribution in [0.25, 0.3) is 11.3 Å². The van der Waals surface area contributed by atoms with E-state index in [1.807, 2.05) is 37.3 Å². The van der Waals surface area contributed by atoms with Crippen molar-refractivity contribution in [3.8, 4) is 11.3 Å². The minimum atomic E-state index is -0.104. The predicted molar refractivity (Wildman–Crippen MR) is 95.0 cm³/mol. The van der Waals surface area contributed by atoms with Gasteiger partial charge in [-0.3, -0.25) is 4.79 Å². The zero-order valence-corrected chi connectivity index (χ0v) is 14.7. The van der Waals surface area contributed by atoms with Gasteiger partial charge in [0.05, 0.1) is 24.0 Å². The van der Waals surface area contributed by atoms with E-state index in [2.05, 4.69) is 29.4 Å². The summed E-state index contributed by atoms with van der Waals surface area (Å²) in [5, 5.41) is 11.5. The second-order valence-corrected chi connectivity index (χ2v) is 6.11. The van der Waals surface area contributed by atoms with E-state index < -0.39 is 0 Å². The molecule has 1 aromatic carbocycles. The summed E-state index contributed by atoms with van der Waals surface area (Å²) in [7, 11) is 1.63. The molecule has 5 heteroatoms. The van der Waals surface area contributed by atoms with E-state index >= 15 is 0 Å². The highest BCUT2D eigenvalue weighted by atomic mass is 16.5. The van der Waals surface area contributed by atoms with E-state index in [-0.39, 0.29) is 11.9 Å². The van der Waals surface area contributed by atoms with Gasteiger partial charge in [-0.2, -0.15) is 10.2 Å². The number of nitrogens with one attached hydrogen (secondary N) is 1. The van der Waals surface area contributed by atoms with Crippen LogP contribution in [0.3, 0.4) is 0 Å². The molecule has 0 spiro atoms. The molecule has 0 saturated carbocycles. The number of amides is 1. The van der Waals surface area contributed by atoms with Crippen LogP contribution in [0.5, 0.6) is 0 Å². The van der Waals surface area contributed by atoms with Crippen molar-refractivity contribution in [2.24, 2.45) is 0 Å². The maximum Gasteiger partial charge on any atom is 0.251 e. The molecule has 0 radical (unpaired) electrons. The Balaban J connectivity index is 2.17. The predicted octanol–water partition coefficient (Wildman–Crippen LogP) is 3.42. The first-order valence-corrected chi connectivity index (χ1v) is 8.29. The minimum absolute atomic E-state index is 0.0104. The molecule has 1 atom stereocenters. The molecule has 1 aromatic heterocycles. The number of ether oxygens (including phenoxy) is 1. The smallest absolute Gasteiger partial charge is 0.251 e. The summed E-state index contributed by atoms with van der Waals surface area (Å²) in [5.41, 5.74) is 3.21. The average Bonchev–Trinajstić information content (AvgIpc) is 2.61. The van der Waals surface area contributed by atoms with Gasteiger partial charge in [-0.05, 0) is 36.6 Å². The highest BCUT2D eigenvalue weighted by molar-refractivity contribution is 5.95. The topological polar surface area (TPSA) is 64.1 Å². The molecule has 0 aliphatic carbocycles. The largest absolute Gasteiger partial charge is 0.383 e. The fraction of sp³-hybridized carbons (Fsp3) is 0.421. The number of carbonyl (C=O) groups excluding carboxylic acids is 1. The van der Waals surface area contributed by atoms with Gasteiger partial charge in [0.2, 0.25) is 0 Å². The van der Waals surface area contributed by atoms with Gasteiger partial charge < -0.3 is 10.1 Å². The Morgan fingerprint density at radius 2 is 2.00 bits per heavy atom. The molecule has 0 bridgehead atoms. The van der Waals surface area contributed by atoms with Crippen molar-refractivity contribution in [3.05, 3.63) is 47.7 Å². The molecule has 0 unspecified atom stereocenters. The molecule has 128 valence electrons. The average molecular weight is 327 g/mol. The van der Waals surface area contributed by atoms with Crippen LogP contribution in [0.4, 0.5) is 0 Å². The van der Waals surface area contributed by atoms with Crippen LogP contribution < -0.4 is 5.32 Å². The molecular weight excluding hydrogens is 302 g/mol. The van der Waals surface area contributed by atoms with Gasteiger partial charge >= 0.3 is 0 Å². The summed E-state index contributed by atoms with van der Waals surface area (Å²) < 4.78 is 5.12. The van der Waals surface area contributed by atoms with E-state index in [0.717, 1.165) is 23.4 Å². The molecule has 1 N–H and O–H groups in total. The number of aromatic nitrogens is 2. The molecule has 0 fully saturated rings. The molecular formula is C19H25N3O2. The van der Waals surface area contributed by atoms with E-state index in [1.165, 1.54) is 0 Å². The highest BCUT2D eigenvalue weighted by Crippen LogP contribution is 2.19. The van der Waals surface area contributed by atoms with Crippen molar-refractivity contribution in [2.45, 2.75) is 39.2 Å². The second kappa shape index (κ2) is 8.55. The van der Waals surface area contributed by atoms with Crippen LogP contribution in [0.1, 0.15) is 49.2 Å². The van der Waals surface area contributed by atoms with Crippen LogP contribution in [0.15, 0.2) is 36.4 Å². The van der Waals surface area contributed by atoms with Crippen LogP contribution in [0.2, 0.25) is 0 Å². The fourth-order valence-corrected chi connectivity index (χ4v) is 2.36. The van der Waals surface area contributed by atoms with Gasteiger partial charge in [-0.1, -0.05) is 32.9 Å². The molecule has 2 rings (SSSR count). The molecule has 0 aliphatic rings. The number of carbonyl (C=O) groups is 1. The molecule has 0 saturated heterocycles. The van der Waals surface area contributed by atoms with Crippen LogP contribution >= 0.6 is 0 Å². The monoisotopic (exact) mass is 327 g/mol. The number of hydrogen-bond acceptors (Lipinski definition) is 4. The molecule has 1 amide bonds. The quantitative estimate of drug-likeness (QED) is 0.846. The van der Waals surface area contributed by atoms with Crippen molar-refractivity contribution < 1.29 is 9.53 Å². The summed E-state index contributed by atoms with van der Waals surface area (Å²) in [6.45, 7) is 6.69. The first-order valence-electron chi connectivity index (χ1n) is 8.29. The lowest BCUT2D eigenvalue weighted by molar-refractivity contribution is 0.0894. The Morgan fingerprint density at radius 1 is 1.21 bits per heavy atom. The first-order chi connectivity index (χ1) is 11.5. The summed E-state index contributed by atoms with van der Waals surface area (Å²) in [4.78, 5) is 12.4. The van der Waals surface area contributed by atoms with E-state index in [9.17, 15) is 4.79 Å². The Hall–Kier alpha value is -2.27. The zero-order chi connectivity index (χ0) is 17.5. The minimum Gasteiger partial charge on any atom is -0.383 e. The Bertz CT molecular complexity index is 669. The van der Waals surface area contributed by atoms with Gasteiger partial charge in [0, 0.05) is 18.2 Å². The number of rotatable bonds is 7. The van der Waals surface area contributed by atoms with Crippen molar-refractivity contribution in [2.75, 3.05) is 13.7 Å². The van der Waals surface area contributed by atoms with E-state index in [4.69, 9.17) is 4.74 Å². The highest BCUT2D eigenvalue weighted by Gasteiger charge is 2.13. The molecule has 0 aliphatic heterocycles. The number of benzene rings is 1. The summed E-state index contributed by atoms with van der Waals surface area (Å²) >= 11 is 0. The maximum absolute atomic E-state index is 12.4. The van der Waals surface area contributed by atoms with E-state index in [1.54, 1.807) is 13.2 Å². The van der Waals surface area contributed by atoms with Gasteiger partial charge in [0.1, 0.15) is 0 Å². The third kappa shape index (κ3) is 4.61. The maximum atomic E-state index is 12.4.